The molecule has 1 amide bonds. The van der Waals surface area contributed by atoms with Gasteiger partial charge in [-0.2, -0.15) is 0 Å². The van der Waals surface area contributed by atoms with Crippen LogP contribution in [-0.4, -0.2) is 20.9 Å². The summed E-state index contributed by atoms with van der Waals surface area (Å²) in [5.41, 5.74) is 0.274. The summed E-state index contributed by atoms with van der Waals surface area (Å²) < 4.78 is 56.5. The van der Waals surface area contributed by atoms with Crippen molar-refractivity contribution >= 4 is 15.7 Å². The quantitative estimate of drug-likeness (QED) is 0.653. The van der Waals surface area contributed by atoms with Crippen molar-refractivity contribution in [2.75, 3.05) is 6.54 Å². The Morgan fingerprint density at radius 3 is 2.46 bits per heavy atom. The summed E-state index contributed by atoms with van der Waals surface area (Å²) in [5, 5.41) is 2.55. The van der Waals surface area contributed by atoms with E-state index in [2.05, 4.69) is 5.32 Å². The van der Waals surface area contributed by atoms with Crippen LogP contribution in [0.2, 0.25) is 0 Å². The Kier molecular flexibility index (Phi) is 5.89. The van der Waals surface area contributed by atoms with Crippen LogP contribution in [0.25, 0.3) is 0 Å². The molecule has 0 aliphatic carbocycles. The van der Waals surface area contributed by atoms with E-state index in [9.17, 15) is 22.0 Å². The summed E-state index contributed by atoms with van der Waals surface area (Å²) in [7, 11) is -3.58. The highest BCUT2D eigenvalue weighted by atomic mass is 32.2. The molecule has 8 heteroatoms. The predicted molar refractivity (Wildman–Crippen MR) is 98.4 cm³/mol. The molecule has 0 saturated carbocycles. The molecule has 3 rings (SSSR count). The van der Waals surface area contributed by atoms with Crippen LogP contribution in [0.3, 0.4) is 0 Å². The van der Waals surface area contributed by atoms with Gasteiger partial charge in [0.05, 0.1) is 4.90 Å². The van der Waals surface area contributed by atoms with Crippen LogP contribution in [0.5, 0.6) is 0 Å². The van der Waals surface area contributed by atoms with Gasteiger partial charge in [0, 0.05) is 12.6 Å². The first kappa shape index (κ1) is 19.8. The van der Waals surface area contributed by atoms with E-state index in [0.29, 0.717) is 0 Å². The van der Waals surface area contributed by atoms with Gasteiger partial charge in [-0.15, -0.1) is 0 Å². The molecule has 1 N–H and O–H groups in total. The van der Waals surface area contributed by atoms with Gasteiger partial charge in [-0.05, 0) is 42.3 Å². The third-order valence-electron chi connectivity index (χ3n) is 4.02. The van der Waals surface area contributed by atoms with Gasteiger partial charge in [-0.3, -0.25) is 4.79 Å². The number of sulfone groups is 1. The van der Waals surface area contributed by atoms with E-state index in [-0.39, 0.29) is 40.7 Å². The minimum atomic E-state index is -3.58. The Hall–Kier alpha value is -3.00. The Morgan fingerprint density at radius 2 is 1.75 bits per heavy atom. The first-order valence-corrected chi connectivity index (χ1v) is 10.1. The number of amides is 1. The lowest BCUT2D eigenvalue weighted by Crippen LogP contribution is -2.25. The van der Waals surface area contributed by atoms with Crippen LogP contribution in [0.4, 0.5) is 8.78 Å². The van der Waals surface area contributed by atoms with Crippen LogP contribution in [-0.2, 0) is 22.0 Å². The average Bonchev–Trinajstić information content (AvgIpc) is 3.12. The average molecular weight is 405 g/mol. The fourth-order valence-electron chi connectivity index (χ4n) is 2.60. The number of hydrogen-bond acceptors (Lipinski definition) is 4. The number of halogens is 2. The maximum atomic E-state index is 13.6. The molecule has 0 saturated heterocycles. The third-order valence-corrected chi connectivity index (χ3v) is 5.67. The van der Waals surface area contributed by atoms with Gasteiger partial charge in [-0.1, -0.05) is 24.3 Å². The van der Waals surface area contributed by atoms with Crippen LogP contribution in [0, 0.1) is 11.6 Å². The minimum Gasteiger partial charge on any atom is -0.455 e. The van der Waals surface area contributed by atoms with E-state index in [1.165, 1.54) is 30.3 Å². The van der Waals surface area contributed by atoms with Crippen LogP contribution in [0.15, 0.2) is 70.0 Å². The third kappa shape index (κ3) is 4.83. The van der Waals surface area contributed by atoms with Crippen molar-refractivity contribution in [2.24, 2.45) is 0 Å². The fourth-order valence-corrected chi connectivity index (χ4v) is 3.87. The second kappa shape index (κ2) is 8.35. The molecule has 0 fully saturated rings. The van der Waals surface area contributed by atoms with E-state index in [1.54, 1.807) is 18.2 Å². The highest BCUT2D eigenvalue weighted by Gasteiger charge is 2.19. The lowest BCUT2D eigenvalue weighted by atomic mass is 10.1. The molecule has 0 unspecified atom stereocenters. The van der Waals surface area contributed by atoms with Crippen molar-refractivity contribution < 1.29 is 26.4 Å². The first-order chi connectivity index (χ1) is 13.3. The molecule has 3 aromatic rings. The SMILES string of the molecule is O=C(NCCc1ccc(F)cc1F)c1ccc(CS(=O)(=O)c2ccccc2)o1. The second-order valence-electron chi connectivity index (χ2n) is 6.08. The molecule has 0 aliphatic heterocycles. The molecule has 0 spiro atoms. The van der Waals surface area contributed by atoms with Crippen LogP contribution >= 0.6 is 0 Å². The number of benzene rings is 2. The van der Waals surface area contributed by atoms with Crippen molar-refractivity contribution in [3.63, 3.8) is 0 Å². The Labute approximate surface area is 160 Å². The maximum Gasteiger partial charge on any atom is 0.287 e. The molecular formula is C20H17F2NO4S. The summed E-state index contributed by atoms with van der Waals surface area (Å²) in [6, 6.07) is 14.0. The molecule has 28 heavy (non-hydrogen) atoms. The zero-order chi connectivity index (χ0) is 20.1. The molecule has 0 bridgehead atoms. The van der Waals surface area contributed by atoms with Crippen molar-refractivity contribution in [1.82, 2.24) is 5.32 Å². The Balaban J connectivity index is 1.58. The van der Waals surface area contributed by atoms with Gasteiger partial charge in [-0.25, -0.2) is 17.2 Å². The standard InChI is InChI=1S/C20H17F2NO4S/c21-15-7-6-14(18(22)12-15)10-11-23-20(24)19-9-8-16(27-19)13-28(25,26)17-4-2-1-3-5-17/h1-9,12H,10-11,13H2,(H,23,24). The molecule has 5 nitrogen and oxygen atoms in total. The molecule has 146 valence electrons. The van der Waals surface area contributed by atoms with Gasteiger partial charge >= 0.3 is 0 Å². The minimum absolute atomic E-state index is 0.0437. The molecule has 1 aromatic heterocycles. The van der Waals surface area contributed by atoms with E-state index in [4.69, 9.17) is 4.42 Å². The number of nitrogens with one attached hydrogen (secondary N) is 1. The first-order valence-electron chi connectivity index (χ1n) is 8.44. The number of carbonyl (C=O) groups excluding carboxylic acids is 1. The molecular weight excluding hydrogens is 388 g/mol. The highest BCUT2D eigenvalue weighted by molar-refractivity contribution is 7.90. The lowest BCUT2D eigenvalue weighted by Gasteiger charge is -2.05. The molecule has 2 aromatic carbocycles. The normalized spacial score (nSPS) is 11.4. The van der Waals surface area contributed by atoms with E-state index in [0.717, 1.165) is 12.1 Å². The molecule has 0 atom stereocenters. The largest absolute Gasteiger partial charge is 0.455 e. The number of furan rings is 1. The van der Waals surface area contributed by atoms with Crippen LogP contribution in [0.1, 0.15) is 21.9 Å². The van der Waals surface area contributed by atoms with E-state index < -0.39 is 27.4 Å². The zero-order valence-corrected chi connectivity index (χ0v) is 15.5. The van der Waals surface area contributed by atoms with Crippen LogP contribution < -0.4 is 5.32 Å². The predicted octanol–water partition coefficient (Wildman–Crippen LogP) is 3.50. The van der Waals surface area contributed by atoms with E-state index in [1.807, 2.05) is 0 Å². The topological polar surface area (TPSA) is 76.4 Å². The molecule has 1 heterocycles. The molecule has 0 aliphatic rings. The number of hydrogen-bond donors (Lipinski definition) is 1. The fraction of sp³-hybridized carbons (Fsp3) is 0.150. The summed E-state index contributed by atoms with van der Waals surface area (Å²) in [6.45, 7) is 0.111. The van der Waals surface area contributed by atoms with Crippen molar-refractivity contribution in [2.45, 2.75) is 17.1 Å². The number of rotatable bonds is 7. The van der Waals surface area contributed by atoms with Gasteiger partial charge in [0.2, 0.25) is 0 Å². The smallest absolute Gasteiger partial charge is 0.287 e. The van der Waals surface area contributed by atoms with Crippen molar-refractivity contribution in [3.05, 3.63) is 89.4 Å². The van der Waals surface area contributed by atoms with Crippen molar-refractivity contribution in [1.29, 1.82) is 0 Å². The Bertz CT molecular complexity index is 1080. The monoisotopic (exact) mass is 405 g/mol. The highest BCUT2D eigenvalue weighted by Crippen LogP contribution is 2.18. The lowest BCUT2D eigenvalue weighted by molar-refractivity contribution is 0.0925. The maximum absolute atomic E-state index is 13.6. The summed E-state index contributed by atoms with van der Waals surface area (Å²) >= 11 is 0. The van der Waals surface area contributed by atoms with Gasteiger partial charge in [0.1, 0.15) is 23.1 Å². The van der Waals surface area contributed by atoms with Crippen molar-refractivity contribution in [3.8, 4) is 0 Å². The van der Waals surface area contributed by atoms with Gasteiger partial charge < -0.3 is 9.73 Å². The summed E-state index contributed by atoms with van der Waals surface area (Å²) in [4.78, 5) is 12.3. The summed E-state index contributed by atoms with van der Waals surface area (Å²) in [5.74, 6) is -2.17. The van der Waals surface area contributed by atoms with Gasteiger partial charge in [0.15, 0.2) is 15.6 Å². The second-order valence-corrected chi connectivity index (χ2v) is 8.07. The summed E-state index contributed by atoms with van der Waals surface area (Å²) in [6.07, 6.45) is 0.174. The number of carbonyl (C=O) groups is 1. The zero-order valence-electron chi connectivity index (χ0n) is 14.7. The molecule has 0 radical (unpaired) electrons. The van der Waals surface area contributed by atoms with Gasteiger partial charge in [0.25, 0.3) is 5.91 Å². The van der Waals surface area contributed by atoms with E-state index >= 15 is 0 Å². The Morgan fingerprint density at radius 1 is 1.00 bits per heavy atom.